The summed E-state index contributed by atoms with van der Waals surface area (Å²) in [6, 6.07) is 10.9. The number of amides is 1. The summed E-state index contributed by atoms with van der Waals surface area (Å²) >= 11 is 0. The highest BCUT2D eigenvalue weighted by atomic mass is 16.5. The highest BCUT2D eigenvalue weighted by Crippen LogP contribution is 2.19. The van der Waals surface area contributed by atoms with Crippen molar-refractivity contribution in [2.75, 3.05) is 5.32 Å². The van der Waals surface area contributed by atoms with Crippen molar-refractivity contribution >= 4 is 11.7 Å². The molecule has 8 nitrogen and oxygen atoms in total. The average Bonchev–Trinajstić information content (AvgIpc) is 3.29. The lowest BCUT2D eigenvalue weighted by atomic mass is 10.3. The predicted molar refractivity (Wildman–Crippen MR) is 104 cm³/mol. The van der Waals surface area contributed by atoms with Crippen molar-refractivity contribution in [1.29, 1.82) is 0 Å². The van der Waals surface area contributed by atoms with Crippen molar-refractivity contribution in [3.8, 4) is 11.7 Å². The Hall–Kier alpha value is -3.42. The van der Waals surface area contributed by atoms with E-state index in [4.69, 9.17) is 4.74 Å². The van der Waals surface area contributed by atoms with E-state index in [9.17, 15) is 9.59 Å². The fraction of sp³-hybridized carbons (Fsp3) is 0.300. The van der Waals surface area contributed by atoms with Crippen LogP contribution in [0.1, 0.15) is 30.3 Å². The Morgan fingerprint density at radius 3 is 2.86 bits per heavy atom. The summed E-state index contributed by atoms with van der Waals surface area (Å²) in [5, 5.41) is 7.18. The molecule has 1 aliphatic carbocycles. The molecule has 4 rings (SSSR count). The fourth-order valence-electron chi connectivity index (χ4n) is 3.26. The van der Waals surface area contributed by atoms with Crippen molar-refractivity contribution in [2.24, 2.45) is 0 Å². The lowest BCUT2D eigenvalue weighted by Gasteiger charge is -2.15. The number of rotatable bonds is 5. The number of carbonyl (C=O) groups excluding carboxylic acids is 1. The second-order valence-electron chi connectivity index (χ2n) is 6.81. The molecule has 0 fully saturated rings. The Labute approximate surface area is 161 Å². The first-order chi connectivity index (χ1) is 13.5. The molecule has 0 unspecified atom stereocenters. The van der Waals surface area contributed by atoms with Crippen molar-refractivity contribution in [1.82, 2.24) is 19.7 Å². The van der Waals surface area contributed by atoms with Crippen LogP contribution in [-0.2, 0) is 17.6 Å². The van der Waals surface area contributed by atoms with Crippen LogP contribution in [0.2, 0.25) is 0 Å². The van der Waals surface area contributed by atoms with Crippen LogP contribution in [0.25, 0.3) is 5.95 Å². The largest absolute Gasteiger partial charge is 0.481 e. The van der Waals surface area contributed by atoms with Crippen LogP contribution >= 0.6 is 0 Å². The van der Waals surface area contributed by atoms with E-state index in [1.54, 1.807) is 25.1 Å². The van der Waals surface area contributed by atoms with Gasteiger partial charge in [-0.25, -0.2) is 4.98 Å². The minimum atomic E-state index is -0.710. The normalized spacial score (nSPS) is 13.8. The number of aromatic amines is 1. The van der Waals surface area contributed by atoms with Gasteiger partial charge in [0.25, 0.3) is 11.5 Å². The number of nitrogens with zero attached hydrogens (tertiary/aromatic N) is 3. The maximum absolute atomic E-state index is 12.6. The Morgan fingerprint density at radius 2 is 2.07 bits per heavy atom. The number of para-hydroxylation sites is 1. The second kappa shape index (κ2) is 7.30. The third kappa shape index (κ3) is 3.53. The smallest absolute Gasteiger partial charge is 0.266 e. The van der Waals surface area contributed by atoms with E-state index in [0.29, 0.717) is 23.2 Å². The van der Waals surface area contributed by atoms with E-state index >= 15 is 0 Å². The van der Waals surface area contributed by atoms with Gasteiger partial charge in [-0.15, -0.1) is 0 Å². The summed E-state index contributed by atoms with van der Waals surface area (Å²) in [5.41, 5.74) is 2.08. The Bertz CT molecular complexity index is 1070. The van der Waals surface area contributed by atoms with Gasteiger partial charge in [0.2, 0.25) is 5.95 Å². The molecular weight excluding hydrogens is 358 g/mol. The zero-order valence-electron chi connectivity index (χ0n) is 15.7. The fourth-order valence-corrected chi connectivity index (χ4v) is 3.26. The van der Waals surface area contributed by atoms with Crippen LogP contribution in [0.15, 0.2) is 41.2 Å². The van der Waals surface area contributed by atoms with Gasteiger partial charge in [0.15, 0.2) is 6.10 Å². The number of benzene rings is 1. The molecule has 1 atom stereocenters. The Balaban J connectivity index is 1.57. The van der Waals surface area contributed by atoms with Gasteiger partial charge in [-0.05, 0) is 45.2 Å². The predicted octanol–water partition coefficient (Wildman–Crippen LogP) is 2.16. The molecule has 0 bridgehead atoms. The molecule has 0 aliphatic heterocycles. The third-order valence-corrected chi connectivity index (χ3v) is 4.64. The van der Waals surface area contributed by atoms with E-state index in [1.807, 2.05) is 25.1 Å². The number of carbonyl (C=O) groups is 1. The number of anilines is 1. The molecule has 0 spiro atoms. The highest BCUT2D eigenvalue weighted by molar-refractivity contribution is 5.93. The van der Waals surface area contributed by atoms with Gasteiger partial charge in [-0.1, -0.05) is 18.2 Å². The molecule has 3 aromatic rings. The number of nitrogens with one attached hydrogen (secondary N) is 2. The van der Waals surface area contributed by atoms with Crippen LogP contribution in [0.3, 0.4) is 0 Å². The van der Waals surface area contributed by atoms with Crippen LogP contribution in [-0.4, -0.2) is 31.8 Å². The summed E-state index contributed by atoms with van der Waals surface area (Å²) in [4.78, 5) is 32.2. The lowest BCUT2D eigenvalue weighted by Crippen LogP contribution is -2.31. The summed E-state index contributed by atoms with van der Waals surface area (Å²) in [5.74, 6) is 1.01. The van der Waals surface area contributed by atoms with E-state index in [0.717, 1.165) is 30.5 Å². The summed E-state index contributed by atoms with van der Waals surface area (Å²) in [7, 11) is 0. The molecule has 0 saturated carbocycles. The minimum Gasteiger partial charge on any atom is -0.481 e. The number of hydrogen-bond acceptors (Lipinski definition) is 5. The second-order valence-corrected chi connectivity index (χ2v) is 6.81. The van der Waals surface area contributed by atoms with E-state index in [1.165, 1.54) is 4.68 Å². The van der Waals surface area contributed by atoms with Gasteiger partial charge in [0.05, 0.1) is 11.4 Å². The average molecular weight is 379 g/mol. The zero-order valence-corrected chi connectivity index (χ0v) is 15.7. The van der Waals surface area contributed by atoms with Crippen molar-refractivity contribution in [3.05, 3.63) is 63.7 Å². The van der Waals surface area contributed by atoms with Crippen molar-refractivity contribution in [2.45, 2.75) is 39.2 Å². The van der Waals surface area contributed by atoms with Gasteiger partial charge < -0.3 is 10.1 Å². The van der Waals surface area contributed by atoms with Gasteiger partial charge in [0, 0.05) is 11.6 Å². The quantitative estimate of drug-likeness (QED) is 0.707. The number of aryl methyl sites for hydroxylation is 2. The minimum absolute atomic E-state index is 0.149. The number of hydrogen-bond donors (Lipinski definition) is 2. The number of H-pyrrole nitrogens is 1. The Morgan fingerprint density at radius 1 is 1.29 bits per heavy atom. The topological polar surface area (TPSA) is 102 Å². The molecule has 0 radical (unpaired) electrons. The number of aromatic nitrogens is 4. The summed E-state index contributed by atoms with van der Waals surface area (Å²) in [6.45, 7) is 3.48. The molecule has 2 heterocycles. The van der Waals surface area contributed by atoms with Crippen LogP contribution in [0, 0.1) is 6.92 Å². The van der Waals surface area contributed by atoms with Gasteiger partial charge in [0.1, 0.15) is 11.6 Å². The molecule has 2 aromatic heterocycles. The molecule has 8 heteroatoms. The first-order valence-electron chi connectivity index (χ1n) is 9.23. The standard InChI is InChI=1S/C20H21N5O3/c1-12-11-17(22-18(26)13(2)28-14-7-4-3-5-8-14)25(24-12)20-21-16-10-6-9-15(16)19(27)23-20/h3-5,7-8,11,13H,6,9-10H2,1-2H3,(H,22,26)(H,21,23,27)/t13-/m1/s1. The molecule has 1 aliphatic rings. The van der Waals surface area contributed by atoms with Crippen LogP contribution in [0.4, 0.5) is 5.82 Å². The number of fused-ring (bicyclic) bond motifs is 1. The molecule has 2 N–H and O–H groups in total. The van der Waals surface area contributed by atoms with E-state index in [2.05, 4.69) is 20.4 Å². The Kier molecular flexibility index (Phi) is 4.68. The molecule has 0 saturated heterocycles. The molecule has 1 aromatic carbocycles. The van der Waals surface area contributed by atoms with Gasteiger partial charge in [-0.2, -0.15) is 9.78 Å². The van der Waals surface area contributed by atoms with Crippen LogP contribution in [0.5, 0.6) is 5.75 Å². The highest BCUT2D eigenvalue weighted by Gasteiger charge is 2.21. The molecule has 28 heavy (non-hydrogen) atoms. The zero-order chi connectivity index (χ0) is 19.7. The summed E-state index contributed by atoms with van der Waals surface area (Å²) in [6.07, 6.45) is 1.73. The van der Waals surface area contributed by atoms with Gasteiger partial charge in [-0.3, -0.25) is 14.6 Å². The first-order valence-corrected chi connectivity index (χ1v) is 9.23. The lowest BCUT2D eigenvalue weighted by molar-refractivity contribution is -0.122. The van der Waals surface area contributed by atoms with Crippen LogP contribution < -0.4 is 15.6 Å². The molecular formula is C20H21N5O3. The molecule has 144 valence electrons. The third-order valence-electron chi connectivity index (χ3n) is 4.64. The summed E-state index contributed by atoms with van der Waals surface area (Å²) < 4.78 is 7.11. The first kappa shape index (κ1) is 18.0. The molecule has 1 amide bonds. The van der Waals surface area contributed by atoms with Gasteiger partial charge >= 0.3 is 0 Å². The van der Waals surface area contributed by atoms with E-state index in [-0.39, 0.29) is 11.5 Å². The monoisotopic (exact) mass is 379 g/mol. The maximum atomic E-state index is 12.6. The van der Waals surface area contributed by atoms with Crippen molar-refractivity contribution < 1.29 is 9.53 Å². The SMILES string of the molecule is Cc1cc(NC(=O)[C@@H](C)Oc2ccccc2)n(-c2nc3c(c(=O)[nH]2)CCC3)n1. The van der Waals surface area contributed by atoms with Crippen molar-refractivity contribution in [3.63, 3.8) is 0 Å². The van der Waals surface area contributed by atoms with E-state index < -0.39 is 6.10 Å². The number of ether oxygens (including phenoxy) is 1. The maximum Gasteiger partial charge on any atom is 0.266 e.